The highest BCUT2D eigenvalue weighted by molar-refractivity contribution is 9.10. The molecule has 2 N–H and O–H groups in total. The van der Waals surface area contributed by atoms with Crippen LogP contribution < -0.4 is 5.73 Å². The Balaban J connectivity index is 2.13. The highest BCUT2D eigenvalue weighted by Crippen LogP contribution is 2.23. The van der Waals surface area contributed by atoms with Gasteiger partial charge < -0.3 is 5.73 Å². The molecule has 0 spiro atoms. The van der Waals surface area contributed by atoms with Gasteiger partial charge in [-0.2, -0.15) is 0 Å². The molecule has 2 aromatic rings. The zero-order chi connectivity index (χ0) is 11.4. The molecule has 0 saturated heterocycles. The summed E-state index contributed by atoms with van der Waals surface area (Å²) >= 11 is 5.15. The fourth-order valence-electron chi connectivity index (χ4n) is 1.66. The van der Waals surface area contributed by atoms with Gasteiger partial charge >= 0.3 is 0 Å². The monoisotopic (exact) mass is 296 g/mol. The highest BCUT2D eigenvalue weighted by Gasteiger charge is 2.13. The van der Waals surface area contributed by atoms with Gasteiger partial charge in [0, 0.05) is 28.5 Å². The number of benzene rings is 1. The van der Waals surface area contributed by atoms with Gasteiger partial charge in [0.25, 0.3) is 0 Å². The molecule has 1 unspecified atom stereocenters. The van der Waals surface area contributed by atoms with Crippen LogP contribution in [0.1, 0.15) is 16.5 Å². The minimum atomic E-state index is 0.328. The standard InChI is InChI=1S/C12H13BrN2S/c13-11-3-1-2-9(7-11)6-10(8-14)12-15-4-5-16-12/h1-5,7,10H,6,8,14H2. The van der Waals surface area contributed by atoms with Crippen LogP contribution in [0.3, 0.4) is 0 Å². The molecule has 0 bridgehead atoms. The molecular formula is C12H13BrN2S. The number of aromatic nitrogens is 1. The summed E-state index contributed by atoms with van der Waals surface area (Å²) in [6.07, 6.45) is 2.78. The maximum absolute atomic E-state index is 5.80. The molecule has 1 heterocycles. The second kappa shape index (κ2) is 5.57. The van der Waals surface area contributed by atoms with Crippen LogP contribution in [0.25, 0.3) is 0 Å². The third-order valence-electron chi connectivity index (χ3n) is 2.46. The molecule has 0 aliphatic heterocycles. The number of thiazole rings is 1. The van der Waals surface area contributed by atoms with Crippen LogP contribution in [0.2, 0.25) is 0 Å². The van der Waals surface area contributed by atoms with E-state index in [1.807, 2.05) is 17.6 Å². The van der Waals surface area contributed by atoms with Crippen LogP contribution in [0, 0.1) is 0 Å². The Morgan fingerprint density at radius 3 is 2.94 bits per heavy atom. The summed E-state index contributed by atoms with van der Waals surface area (Å²) in [6, 6.07) is 8.34. The van der Waals surface area contributed by atoms with Crippen LogP contribution in [-0.4, -0.2) is 11.5 Å². The third kappa shape index (κ3) is 2.90. The molecule has 1 atom stereocenters. The fourth-order valence-corrected chi connectivity index (χ4v) is 2.86. The Bertz CT molecular complexity index is 442. The van der Waals surface area contributed by atoms with E-state index in [0.717, 1.165) is 15.9 Å². The molecule has 0 saturated carbocycles. The molecule has 0 radical (unpaired) electrons. The van der Waals surface area contributed by atoms with Crippen molar-refractivity contribution in [1.29, 1.82) is 0 Å². The Morgan fingerprint density at radius 2 is 2.31 bits per heavy atom. The van der Waals surface area contributed by atoms with Crippen molar-refractivity contribution >= 4 is 27.3 Å². The molecule has 16 heavy (non-hydrogen) atoms. The second-order valence-electron chi connectivity index (χ2n) is 3.64. The number of hydrogen-bond acceptors (Lipinski definition) is 3. The van der Waals surface area contributed by atoms with E-state index in [-0.39, 0.29) is 0 Å². The zero-order valence-corrected chi connectivity index (χ0v) is 11.2. The second-order valence-corrected chi connectivity index (χ2v) is 5.48. The van der Waals surface area contributed by atoms with Crippen molar-refractivity contribution in [3.05, 3.63) is 50.9 Å². The number of hydrogen-bond donors (Lipinski definition) is 1. The fraction of sp³-hybridized carbons (Fsp3) is 0.250. The van der Waals surface area contributed by atoms with Gasteiger partial charge in [-0.25, -0.2) is 4.98 Å². The lowest BCUT2D eigenvalue weighted by molar-refractivity contribution is 0.688. The highest BCUT2D eigenvalue weighted by atomic mass is 79.9. The molecule has 0 fully saturated rings. The average Bonchev–Trinajstić information content (AvgIpc) is 2.79. The van der Waals surface area contributed by atoms with Gasteiger partial charge in [-0.1, -0.05) is 28.1 Å². The number of rotatable bonds is 4. The molecule has 0 aliphatic rings. The SMILES string of the molecule is NCC(Cc1cccc(Br)c1)c1nccs1. The molecule has 2 nitrogen and oxygen atoms in total. The van der Waals surface area contributed by atoms with E-state index < -0.39 is 0 Å². The summed E-state index contributed by atoms with van der Waals surface area (Å²) in [6.45, 7) is 0.639. The van der Waals surface area contributed by atoms with Crippen molar-refractivity contribution in [2.75, 3.05) is 6.54 Å². The number of nitrogens with zero attached hydrogens (tertiary/aromatic N) is 1. The molecule has 1 aromatic heterocycles. The van der Waals surface area contributed by atoms with Gasteiger partial charge in [0.05, 0.1) is 5.01 Å². The van der Waals surface area contributed by atoms with E-state index in [0.29, 0.717) is 12.5 Å². The molecule has 0 aliphatic carbocycles. The van der Waals surface area contributed by atoms with E-state index in [1.165, 1.54) is 5.56 Å². The molecule has 84 valence electrons. The summed E-state index contributed by atoms with van der Waals surface area (Å²) in [5.41, 5.74) is 7.10. The topological polar surface area (TPSA) is 38.9 Å². The first-order valence-corrected chi connectivity index (χ1v) is 6.80. The lowest BCUT2D eigenvalue weighted by Gasteiger charge is -2.11. The summed E-state index contributed by atoms with van der Waals surface area (Å²) in [5.74, 6) is 0.328. The van der Waals surface area contributed by atoms with Crippen molar-refractivity contribution in [2.24, 2.45) is 5.73 Å². The van der Waals surface area contributed by atoms with E-state index in [9.17, 15) is 0 Å². The third-order valence-corrected chi connectivity index (χ3v) is 3.89. The predicted octanol–water partition coefficient (Wildman–Crippen LogP) is 3.19. The zero-order valence-electron chi connectivity index (χ0n) is 8.77. The van der Waals surface area contributed by atoms with Crippen molar-refractivity contribution in [1.82, 2.24) is 4.98 Å². The van der Waals surface area contributed by atoms with Gasteiger partial charge in [-0.3, -0.25) is 0 Å². The Morgan fingerprint density at radius 1 is 1.44 bits per heavy atom. The largest absolute Gasteiger partial charge is 0.330 e. The first-order chi connectivity index (χ1) is 7.79. The van der Waals surface area contributed by atoms with Gasteiger partial charge in [-0.15, -0.1) is 11.3 Å². The van der Waals surface area contributed by atoms with E-state index in [1.54, 1.807) is 11.3 Å². The molecule has 1 aromatic carbocycles. The summed E-state index contributed by atoms with van der Waals surface area (Å²) in [5, 5.41) is 3.13. The minimum Gasteiger partial charge on any atom is -0.330 e. The number of halogens is 1. The summed E-state index contributed by atoms with van der Waals surface area (Å²) < 4.78 is 1.11. The van der Waals surface area contributed by atoms with Crippen LogP contribution in [-0.2, 0) is 6.42 Å². The van der Waals surface area contributed by atoms with Crippen molar-refractivity contribution in [3.63, 3.8) is 0 Å². The van der Waals surface area contributed by atoms with Gasteiger partial charge in [0.2, 0.25) is 0 Å². The van der Waals surface area contributed by atoms with Crippen LogP contribution in [0.4, 0.5) is 0 Å². The van der Waals surface area contributed by atoms with Crippen LogP contribution in [0.15, 0.2) is 40.3 Å². The first-order valence-electron chi connectivity index (χ1n) is 5.13. The lowest BCUT2D eigenvalue weighted by Crippen LogP contribution is -2.14. The number of nitrogens with two attached hydrogens (primary N) is 1. The van der Waals surface area contributed by atoms with Gasteiger partial charge in [-0.05, 0) is 24.1 Å². The lowest BCUT2D eigenvalue weighted by atomic mass is 10.0. The summed E-state index contributed by atoms with van der Waals surface area (Å²) in [4.78, 5) is 4.33. The smallest absolute Gasteiger partial charge is 0.0971 e. The van der Waals surface area contributed by atoms with Crippen molar-refractivity contribution < 1.29 is 0 Å². The van der Waals surface area contributed by atoms with Gasteiger partial charge in [0.15, 0.2) is 0 Å². The molecule has 4 heteroatoms. The molecular weight excluding hydrogens is 284 g/mol. The van der Waals surface area contributed by atoms with Crippen LogP contribution >= 0.6 is 27.3 Å². The van der Waals surface area contributed by atoms with Crippen molar-refractivity contribution in [2.45, 2.75) is 12.3 Å². The Kier molecular flexibility index (Phi) is 4.09. The first kappa shape index (κ1) is 11.8. The normalized spacial score (nSPS) is 12.6. The maximum atomic E-state index is 5.80. The van der Waals surface area contributed by atoms with E-state index in [4.69, 9.17) is 5.73 Å². The average molecular weight is 297 g/mol. The van der Waals surface area contributed by atoms with Crippen LogP contribution in [0.5, 0.6) is 0 Å². The molecule has 0 amide bonds. The molecule has 2 rings (SSSR count). The Labute approximate surface area is 108 Å². The van der Waals surface area contributed by atoms with E-state index >= 15 is 0 Å². The predicted molar refractivity (Wildman–Crippen MR) is 71.8 cm³/mol. The summed E-state index contributed by atoms with van der Waals surface area (Å²) in [7, 11) is 0. The van der Waals surface area contributed by atoms with Gasteiger partial charge in [0.1, 0.15) is 0 Å². The maximum Gasteiger partial charge on any atom is 0.0971 e. The van der Waals surface area contributed by atoms with Crippen molar-refractivity contribution in [3.8, 4) is 0 Å². The quantitative estimate of drug-likeness (QED) is 0.941. The minimum absolute atomic E-state index is 0.328. The Hall–Kier alpha value is -0.710. The van der Waals surface area contributed by atoms with E-state index in [2.05, 4.69) is 39.1 Å².